The van der Waals surface area contributed by atoms with Crippen LogP contribution in [0.5, 0.6) is 11.5 Å². The summed E-state index contributed by atoms with van der Waals surface area (Å²) in [6.45, 7) is 4.89. The third-order valence-electron chi connectivity index (χ3n) is 4.91. The number of hydrogen-bond donors (Lipinski definition) is 1. The molecule has 0 unspecified atom stereocenters. The topological polar surface area (TPSA) is 67.1 Å². The van der Waals surface area contributed by atoms with Gasteiger partial charge in [0.15, 0.2) is 0 Å². The molecule has 1 aromatic carbocycles. The minimum absolute atomic E-state index is 0.0269. The predicted octanol–water partition coefficient (Wildman–Crippen LogP) is 3.26. The van der Waals surface area contributed by atoms with E-state index in [1.165, 1.54) is 6.08 Å². The molecule has 0 spiro atoms. The van der Waals surface area contributed by atoms with Gasteiger partial charge in [-0.2, -0.15) is 0 Å². The molecule has 6 heteroatoms. The van der Waals surface area contributed by atoms with Crippen molar-refractivity contribution >= 4 is 11.4 Å². The average Bonchev–Trinajstić information content (AvgIpc) is 3.17. The largest absolute Gasteiger partial charge is 0.508 e. The normalized spacial score (nSPS) is 15.0. The van der Waals surface area contributed by atoms with Crippen LogP contribution in [-0.2, 0) is 4.79 Å². The monoisotopic (exact) mass is 363 g/mol. The minimum atomic E-state index is -0.0269. The van der Waals surface area contributed by atoms with E-state index >= 15 is 0 Å². The second-order valence-corrected chi connectivity index (χ2v) is 6.67. The van der Waals surface area contributed by atoms with Gasteiger partial charge in [0.25, 0.3) is 0 Å². The van der Waals surface area contributed by atoms with Crippen molar-refractivity contribution in [2.24, 2.45) is 0 Å². The summed E-state index contributed by atoms with van der Waals surface area (Å²) in [7, 11) is 0. The number of rotatable bonds is 4. The Balaban J connectivity index is 1.58. The molecule has 3 heterocycles. The number of nitrogens with zero attached hydrogens (tertiary/aromatic N) is 3. The van der Waals surface area contributed by atoms with Gasteiger partial charge < -0.3 is 19.1 Å². The number of carbonyl (C=O) groups excluding carboxylic acids is 1. The standard InChI is InChI=1S/C21H21N3O3/c1-2-21(26)23-9-7-18(8-10-23)27-20-11-16(13-24-14-22-12-19(20)24)15-3-5-17(25)6-4-15/h2-6,11-14,18,25H,1,7-10H2. The number of aromatic nitrogens is 2. The van der Waals surface area contributed by atoms with E-state index in [-0.39, 0.29) is 17.8 Å². The van der Waals surface area contributed by atoms with Crippen LogP contribution in [0.2, 0.25) is 0 Å². The second kappa shape index (κ2) is 7.15. The average molecular weight is 363 g/mol. The van der Waals surface area contributed by atoms with Gasteiger partial charge in [0.05, 0.1) is 12.5 Å². The molecule has 138 valence electrons. The lowest BCUT2D eigenvalue weighted by molar-refractivity contribution is -0.127. The Morgan fingerprint density at radius 2 is 1.96 bits per heavy atom. The lowest BCUT2D eigenvalue weighted by Crippen LogP contribution is -2.41. The highest BCUT2D eigenvalue weighted by molar-refractivity contribution is 5.87. The number of phenols is 1. The third-order valence-corrected chi connectivity index (χ3v) is 4.91. The molecule has 0 radical (unpaired) electrons. The number of piperidine rings is 1. The van der Waals surface area contributed by atoms with Crippen LogP contribution >= 0.6 is 0 Å². The van der Waals surface area contributed by atoms with Crippen LogP contribution in [0.25, 0.3) is 16.6 Å². The van der Waals surface area contributed by atoms with Crippen molar-refractivity contribution in [1.29, 1.82) is 0 Å². The van der Waals surface area contributed by atoms with Crippen molar-refractivity contribution in [2.75, 3.05) is 13.1 Å². The lowest BCUT2D eigenvalue weighted by atomic mass is 10.1. The number of fused-ring (bicyclic) bond motifs is 1. The minimum Gasteiger partial charge on any atom is -0.508 e. The van der Waals surface area contributed by atoms with Crippen LogP contribution in [0.15, 0.2) is 61.7 Å². The van der Waals surface area contributed by atoms with Crippen LogP contribution < -0.4 is 4.74 Å². The predicted molar refractivity (Wildman–Crippen MR) is 103 cm³/mol. The van der Waals surface area contributed by atoms with E-state index in [0.29, 0.717) is 13.1 Å². The van der Waals surface area contributed by atoms with Crippen LogP contribution in [0, 0.1) is 0 Å². The van der Waals surface area contributed by atoms with Gasteiger partial charge >= 0.3 is 0 Å². The maximum Gasteiger partial charge on any atom is 0.245 e. The molecule has 0 saturated carbocycles. The quantitative estimate of drug-likeness (QED) is 0.723. The fraction of sp³-hybridized carbons (Fsp3) is 0.238. The maximum atomic E-state index is 11.7. The smallest absolute Gasteiger partial charge is 0.245 e. The summed E-state index contributed by atoms with van der Waals surface area (Å²) in [4.78, 5) is 17.8. The molecular weight excluding hydrogens is 342 g/mol. The zero-order valence-corrected chi connectivity index (χ0v) is 14.9. The Hall–Kier alpha value is -3.28. The maximum absolute atomic E-state index is 11.7. The van der Waals surface area contributed by atoms with Crippen molar-refractivity contribution in [1.82, 2.24) is 14.3 Å². The fourth-order valence-corrected chi connectivity index (χ4v) is 3.41. The van der Waals surface area contributed by atoms with Gasteiger partial charge in [0.1, 0.15) is 23.1 Å². The van der Waals surface area contributed by atoms with Gasteiger partial charge in [-0.15, -0.1) is 0 Å². The van der Waals surface area contributed by atoms with E-state index < -0.39 is 0 Å². The first-order chi connectivity index (χ1) is 13.1. The Morgan fingerprint density at radius 1 is 1.22 bits per heavy atom. The van der Waals surface area contributed by atoms with Crippen molar-refractivity contribution in [2.45, 2.75) is 18.9 Å². The molecule has 0 atom stereocenters. The number of likely N-dealkylation sites (tertiary alicyclic amines) is 1. The Kier molecular flexibility index (Phi) is 4.54. The van der Waals surface area contributed by atoms with Crippen LogP contribution in [-0.4, -0.2) is 44.5 Å². The van der Waals surface area contributed by atoms with Crippen molar-refractivity contribution in [3.63, 3.8) is 0 Å². The van der Waals surface area contributed by atoms with Gasteiger partial charge in [0, 0.05) is 37.7 Å². The van der Waals surface area contributed by atoms with Gasteiger partial charge in [-0.3, -0.25) is 4.79 Å². The van der Waals surface area contributed by atoms with Crippen LogP contribution in [0.3, 0.4) is 0 Å². The molecule has 1 aliphatic rings. The van der Waals surface area contributed by atoms with E-state index in [4.69, 9.17) is 4.74 Å². The summed E-state index contributed by atoms with van der Waals surface area (Å²) in [6.07, 6.45) is 8.49. The van der Waals surface area contributed by atoms with E-state index in [9.17, 15) is 9.90 Å². The van der Waals surface area contributed by atoms with Gasteiger partial charge in [-0.05, 0) is 29.8 Å². The Morgan fingerprint density at radius 3 is 2.67 bits per heavy atom. The fourth-order valence-electron chi connectivity index (χ4n) is 3.41. The number of phenolic OH excluding ortho intramolecular Hbond substituents is 1. The molecule has 2 aromatic heterocycles. The summed E-state index contributed by atoms with van der Waals surface area (Å²) >= 11 is 0. The highest BCUT2D eigenvalue weighted by Gasteiger charge is 2.23. The zero-order chi connectivity index (χ0) is 18.8. The summed E-state index contributed by atoms with van der Waals surface area (Å²) in [5.74, 6) is 0.979. The number of amides is 1. The van der Waals surface area contributed by atoms with Gasteiger partial charge in [0.2, 0.25) is 5.91 Å². The molecule has 1 N–H and O–H groups in total. The number of carbonyl (C=O) groups is 1. The summed E-state index contributed by atoms with van der Waals surface area (Å²) in [5, 5.41) is 9.52. The summed E-state index contributed by atoms with van der Waals surface area (Å²) in [5.41, 5.74) is 2.87. The number of aromatic hydroxyl groups is 1. The van der Waals surface area contributed by atoms with Gasteiger partial charge in [-0.25, -0.2) is 4.98 Å². The number of benzene rings is 1. The van der Waals surface area contributed by atoms with Gasteiger partial charge in [-0.1, -0.05) is 18.7 Å². The van der Waals surface area contributed by atoms with E-state index in [2.05, 4.69) is 11.6 Å². The van der Waals surface area contributed by atoms with Crippen molar-refractivity contribution < 1.29 is 14.6 Å². The third kappa shape index (κ3) is 3.51. The van der Waals surface area contributed by atoms with E-state index in [1.54, 1.807) is 29.6 Å². The molecular formula is C21H21N3O3. The lowest BCUT2D eigenvalue weighted by Gasteiger charge is -2.31. The highest BCUT2D eigenvalue weighted by atomic mass is 16.5. The van der Waals surface area contributed by atoms with Crippen LogP contribution in [0.4, 0.5) is 0 Å². The summed E-state index contributed by atoms with van der Waals surface area (Å²) in [6, 6.07) is 9.08. The molecule has 3 aromatic rings. The molecule has 1 aliphatic heterocycles. The molecule has 0 aliphatic carbocycles. The zero-order valence-electron chi connectivity index (χ0n) is 14.9. The molecule has 27 heavy (non-hydrogen) atoms. The number of imidazole rings is 1. The highest BCUT2D eigenvalue weighted by Crippen LogP contribution is 2.30. The summed E-state index contributed by atoms with van der Waals surface area (Å²) < 4.78 is 8.24. The first kappa shape index (κ1) is 17.1. The number of pyridine rings is 1. The molecule has 4 rings (SSSR count). The van der Waals surface area contributed by atoms with Crippen molar-refractivity contribution in [3.8, 4) is 22.6 Å². The first-order valence-corrected chi connectivity index (χ1v) is 8.97. The molecule has 6 nitrogen and oxygen atoms in total. The van der Waals surface area contributed by atoms with Crippen molar-refractivity contribution in [3.05, 3.63) is 61.7 Å². The Labute approximate surface area is 157 Å². The Bertz CT molecular complexity index is 970. The number of hydrogen-bond acceptors (Lipinski definition) is 4. The molecule has 1 saturated heterocycles. The molecule has 1 amide bonds. The number of ether oxygens (including phenoxy) is 1. The second-order valence-electron chi connectivity index (χ2n) is 6.67. The van der Waals surface area contributed by atoms with E-state index in [0.717, 1.165) is 35.2 Å². The first-order valence-electron chi connectivity index (χ1n) is 8.97. The van der Waals surface area contributed by atoms with E-state index in [1.807, 2.05) is 28.8 Å². The SMILES string of the molecule is C=CC(=O)N1CCC(Oc2cc(-c3ccc(O)cc3)cn3cncc23)CC1. The molecule has 0 bridgehead atoms. The molecule has 1 fully saturated rings. The van der Waals surface area contributed by atoms with Crippen LogP contribution in [0.1, 0.15) is 12.8 Å².